The summed E-state index contributed by atoms with van der Waals surface area (Å²) in [6.45, 7) is 3.74. The van der Waals surface area contributed by atoms with E-state index in [-0.39, 0.29) is 13.2 Å². The number of rotatable bonds is 5. The molecule has 0 amide bonds. The molecule has 1 aliphatic rings. The van der Waals surface area contributed by atoms with Crippen LogP contribution in [0.15, 0.2) is 0 Å². The molecule has 0 unspecified atom stereocenters. The molecule has 1 fully saturated rings. The highest BCUT2D eigenvalue weighted by atomic mass is 16.6. The Hall–Kier alpha value is -1.67. The van der Waals surface area contributed by atoms with Crippen molar-refractivity contribution in [3.8, 4) is 0 Å². The lowest BCUT2D eigenvalue weighted by molar-refractivity contribution is -0.227. The van der Waals surface area contributed by atoms with E-state index < -0.39 is 42.3 Å². The number of methoxy groups -OCH3 is 1. The lowest BCUT2D eigenvalue weighted by Gasteiger charge is -2.40. The number of carbonyl (C=O) groups excluding carboxylic acids is 3. The van der Waals surface area contributed by atoms with E-state index >= 15 is 0 Å². The normalized spacial score (nSPS) is 28.6. The second kappa shape index (κ2) is 7.94. The molecular formula is C13H20O8. The van der Waals surface area contributed by atoms with Crippen LogP contribution in [0.2, 0.25) is 0 Å². The molecule has 0 N–H and O–H groups in total. The Labute approximate surface area is 122 Å². The number of carbonyl (C=O) groups is 3. The number of hydrogen-bond donors (Lipinski definition) is 0. The van der Waals surface area contributed by atoms with Crippen LogP contribution < -0.4 is 0 Å². The summed E-state index contributed by atoms with van der Waals surface area (Å²) in [7, 11) is 1.41. The highest BCUT2D eigenvalue weighted by Gasteiger charge is 2.45. The first-order valence-electron chi connectivity index (χ1n) is 6.47. The smallest absolute Gasteiger partial charge is 0.303 e. The molecule has 1 rings (SSSR count). The Morgan fingerprint density at radius 1 is 1.00 bits per heavy atom. The molecular weight excluding hydrogens is 284 g/mol. The van der Waals surface area contributed by atoms with Gasteiger partial charge in [0, 0.05) is 27.9 Å². The highest BCUT2D eigenvalue weighted by molar-refractivity contribution is 5.67. The van der Waals surface area contributed by atoms with Crippen LogP contribution in [0, 0.1) is 0 Å². The molecule has 21 heavy (non-hydrogen) atoms. The maximum Gasteiger partial charge on any atom is 0.303 e. The van der Waals surface area contributed by atoms with E-state index in [2.05, 4.69) is 0 Å². The first kappa shape index (κ1) is 17.4. The van der Waals surface area contributed by atoms with Gasteiger partial charge in [0.25, 0.3) is 0 Å². The minimum atomic E-state index is -0.843. The standard InChI is InChI=1S/C13H20O8/c1-7(14)18-5-10-13(21-9(3)16)12(17-4)11(6-19-10)20-8(2)15/h10-13H,5-6H2,1-4H3/t10-,11+,12+,13+/m1/s1. The van der Waals surface area contributed by atoms with Crippen molar-refractivity contribution in [3.05, 3.63) is 0 Å². The van der Waals surface area contributed by atoms with E-state index in [1.807, 2.05) is 0 Å². The van der Waals surface area contributed by atoms with Gasteiger partial charge in [0.2, 0.25) is 0 Å². The van der Waals surface area contributed by atoms with Crippen LogP contribution in [0.4, 0.5) is 0 Å². The molecule has 0 bridgehead atoms. The monoisotopic (exact) mass is 304 g/mol. The minimum Gasteiger partial charge on any atom is -0.463 e. The Balaban J connectivity index is 2.84. The minimum absolute atomic E-state index is 0.0573. The van der Waals surface area contributed by atoms with Crippen LogP contribution in [0.5, 0.6) is 0 Å². The zero-order valence-electron chi connectivity index (χ0n) is 12.5. The Bertz CT molecular complexity index is 394. The third kappa shape index (κ3) is 5.31. The van der Waals surface area contributed by atoms with Crippen molar-refractivity contribution in [1.29, 1.82) is 0 Å². The summed E-state index contributed by atoms with van der Waals surface area (Å²) in [6.07, 6.45) is -2.93. The molecule has 120 valence electrons. The number of hydrogen-bond acceptors (Lipinski definition) is 8. The average Bonchev–Trinajstić information content (AvgIpc) is 2.36. The third-order valence-electron chi connectivity index (χ3n) is 2.87. The lowest BCUT2D eigenvalue weighted by atomic mass is 9.99. The Kier molecular flexibility index (Phi) is 6.57. The summed E-state index contributed by atoms with van der Waals surface area (Å²) >= 11 is 0. The van der Waals surface area contributed by atoms with Crippen LogP contribution in [0.25, 0.3) is 0 Å². The van der Waals surface area contributed by atoms with Gasteiger partial charge in [-0.3, -0.25) is 14.4 Å². The van der Waals surface area contributed by atoms with Crippen LogP contribution in [0.3, 0.4) is 0 Å². The van der Waals surface area contributed by atoms with Gasteiger partial charge in [-0.1, -0.05) is 0 Å². The molecule has 4 atom stereocenters. The molecule has 1 heterocycles. The lowest BCUT2D eigenvalue weighted by Crippen LogP contribution is -2.57. The van der Waals surface area contributed by atoms with E-state index in [1.165, 1.54) is 27.9 Å². The van der Waals surface area contributed by atoms with Gasteiger partial charge >= 0.3 is 17.9 Å². The first-order valence-corrected chi connectivity index (χ1v) is 6.47. The van der Waals surface area contributed by atoms with Crippen molar-refractivity contribution in [1.82, 2.24) is 0 Å². The van der Waals surface area contributed by atoms with Gasteiger partial charge in [0.1, 0.15) is 18.8 Å². The zero-order chi connectivity index (χ0) is 16.0. The first-order chi connectivity index (χ1) is 9.85. The topological polar surface area (TPSA) is 97.4 Å². The van der Waals surface area contributed by atoms with E-state index in [0.717, 1.165) is 0 Å². The molecule has 0 spiro atoms. The van der Waals surface area contributed by atoms with Crippen LogP contribution >= 0.6 is 0 Å². The third-order valence-corrected chi connectivity index (χ3v) is 2.87. The number of ether oxygens (including phenoxy) is 5. The van der Waals surface area contributed by atoms with E-state index in [4.69, 9.17) is 23.7 Å². The summed E-state index contributed by atoms with van der Waals surface area (Å²) in [5.41, 5.74) is 0. The molecule has 0 radical (unpaired) electrons. The summed E-state index contributed by atoms with van der Waals surface area (Å²) in [4.78, 5) is 33.2. The maximum absolute atomic E-state index is 11.2. The van der Waals surface area contributed by atoms with E-state index in [9.17, 15) is 14.4 Å². The summed E-state index contributed by atoms with van der Waals surface area (Å²) < 4.78 is 25.9. The van der Waals surface area contributed by atoms with Gasteiger partial charge in [-0.25, -0.2) is 0 Å². The average molecular weight is 304 g/mol. The van der Waals surface area contributed by atoms with Crippen molar-refractivity contribution in [2.45, 2.75) is 45.2 Å². The largest absolute Gasteiger partial charge is 0.463 e. The molecule has 0 saturated carbocycles. The fourth-order valence-electron chi connectivity index (χ4n) is 2.11. The second-order valence-electron chi connectivity index (χ2n) is 4.60. The summed E-state index contributed by atoms with van der Waals surface area (Å²) in [6, 6.07) is 0. The number of esters is 3. The van der Waals surface area contributed by atoms with Crippen molar-refractivity contribution >= 4 is 17.9 Å². The van der Waals surface area contributed by atoms with E-state index in [0.29, 0.717) is 0 Å². The fraction of sp³-hybridized carbons (Fsp3) is 0.769. The van der Waals surface area contributed by atoms with Crippen LogP contribution in [0.1, 0.15) is 20.8 Å². The molecule has 0 aromatic carbocycles. The molecule has 0 aromatic heterocycles. The van der Waals surface area contributed by atoms with Gasteiger partial charge in [0.05, 0.1) is 6.61 Å². The molecule has 8 heteroatoms. The van der Waals surface area contributed by atoms with Crippen LogP contribution in [-0.4, -0.2) is 62.6 Å². The van der Waals surface area contributed by atoms with Gasteiger partial charge < -0.3 is 23.7 Å². The molecule has 0 aromatic rings. The predicted molar refractivity (Wildman–Crippen MR) is 68.3 cm³/mol. The van der Waals surface area contributed by atoms with Crippen molar-refractivity contribution in [3.63, 3.8) is 0 Å². The molecule has 1 saturated heterocycles. The quantitative estimate of drug-likeness (QED) is 0.510. The van der Waals surface area contributed by atoms with Crippen molar-refractivity contribution < 1.29 is 38.1 Å². The van der Waals surface area contributed by atoms with E-state index in [1.54, 1.807) is 0 Å². The molecule has 0 aliphatic carbocycles. The Morgan fingerprint density at radius 2 is 1.62 bits per heavy atom. The second-order valence-corrected chi connectivity index (χ2v) is 4.60. The van der Waals surface area contributed by atoms with Gasteiger partial charge in [-0.05, 0) is 0 Å². The van der Waals surface area contributed by atoms with Gasteiger partial charge in [0.15, 0.2) is 12.2 Å². The van der Waals surface area contributed by atoms with Crippen molar-refractivity contribution in [2.24, 2.45) is 0 Å². The van der Waals surface area contributed by atoms with Crippen molar-refractivity contribution in [2.75, 3.05) is 20.3 Å². The Morgan fingerprint density at radius 3 is 2.10 bits per heavy atom. The van der Waals surface area contributed by atoms with Gasteiger partial charge in [-0.2, -0.15) is 0 Å². The zero-order valence-corrected chi connectivity index (χ0v) is 12.5. The highest BCUT2D eigenvalue weighted by Crippen LogP contribution is 2.24. The fourth-order valence-corrected chi connectivity index (χ4v) is 2.11. The molecule has 8 nitrogen and oxygen atoms in total. The molecule has 1 aliphatic heterocycles. The SMILES string of the molecule is CO[C@@H]1[C@@H](OC(C)=O)[C@@H](COC(C)=O)OC[C@@H]1OC(C)=O. The summed E-state index contributed by atoms with van der Waals surface area (Å²) in [5.74, 6) is -1.51. The van der Waals surface area contributed by atoms with Gasteiger partial charge in [-0.15, -0.1) is 0 Å². The van der Waals surface area contributed by atoms with Crippen LogP contribution in [-0.2, 0) is 38.1 Å². The predicted octanol–water partition coefficient (Wildman–Crippen LogP) is -0.173. The summed E-state index contributed by atoms with van der Waals surface area (Å²) in [5, 5.41) is 0. The maximum atomic E-state index is 11.2.